The average molecular weight is 597 g/mol. The molecule has 3 rings (SSSR count). The fourth-order valence-corrected chi connectivity index (χ4v) is 5.41. The summed E-state index contributed by atoms with van der Waals surface area (Å²) in [4.78, 5) is 25.3. The lowest BCUT2D eigenvalue weighted by atomic mass is 10.00. The van der Waals surface area contributed by atoms with E-state index >= 15 is 0 Å². The maximum atomic E-state index is 12.8. The number of unbranched alkanes of at least 4 members (excludes halogenated alkanes) is 12. The van der Waals surface area contributed by atoms with Crippen molar-refractivity contribution in [2.75, 3.05) is 28.4 Å². The maximum absolute atomic E-state index is 12.8. The van der Waals surface area contributed by atoms with E-state index in [1.807, 2.05) is 0 Å². The molecule has 1 aromatic heterocycles. The fourth-order valence-electron chi connectivity index (χ4n) is 5.41. The largest absolute Gasteiger partial charge is 0.493 e. The summed E-state index contributed by atoms with van der Waals surface area (Å²) in [5.74, 6) is 1.46. The zero-order valence-electron chi connectivity index (χ0n) is 26.6. The molecule has 0 unspecified atom stereocenters. The summed E-state index contributed by atoms with van der Waals surface area (Å²) >= 11 is 0. The third-order valence-corrected chi connectivity index (χ3v) is 7.72. The van der Waals surface area contributed by atoms with Gasteiger partial charge in [-0.2, -0.15) is 0 Å². The maximum Gasteiger partial charge on any atom is 0.336 e. The van der Waals surface area contributed by atoms with Crippen LogP contribution in [-0.2, 0) is 4.79 Å². The highest BCUT2D eigenvalue weighted by Crippen LogP contribution is 2.47. The van der Waals surface area contributed by atoms with E-state index in [1.165, 1.54) is 98.7 Å². The molecule has 0 bridgehead atoms. The minimum Gasteiger partial charge on any atom is -0.493 e. The van der Waals surface area contributed by atoms with E-state index in [2.05, 4.69) is 6.92 Å². The van der Waals surface area contributed by atoms with Gasteiger partial charge in [0.25, 0.3) is 0 Å². The Morgan fingerprint density at radius 1 is 0.651 bits per heavy atom. The Morgan fingerprint density at radius 2 is 1.23 bits per heavy atom. The lowest BCUT2D eigenvalue weighted by Gasteiger charge is -2.17. The summed E-state index contributed by atoms with van der Waals surface area (Å²) in [6, 6.07) is 8.13. The molecule has 0 spiro atoms. The molecule has 8 nitrogen and oxygen atoms in total. The predicted octanol–water partition coefficient (Wildman–Crippen LogP) is 8.88. The van der Waals surface area contributed by atoms with Gasteiger partial charge in [-0.1, -0.05) is 90.0 Å². The third-order valence-electron chi connectivity index (χ3n) is 7.72. The molecule has 0 saturated heterocycles. The first kappa shape index (κ1) is 33.8. The second-order valence-electron chi connectivity index (χ2n) is 10.8. The van der Waals surface area contributed by atoms with Gasteiger partial charge in [0.15, 0.2) is 23.0 Å². The summed E-state index contributed by atoms with van der Waals surface area (Å²) in [5.41, 5.74) is 0.871. The van der Waals surface area contributed by atoms with Gasteiger partial charge in [-0.05, 0) is 24.1 Å². The molecule has 0 aliphatic carbocycles. The molecule has 1 heterocycles. The molecule has 2 aromatic carbocycles. The minimum absolute atomic E-state index is 0.272. The van der Waals surface area contributed by atoms with Crippen molar-refractivity contribution in [3.8, 4) is 39.9 Å². The molecular weight excluding hydrogens is 548 g/mol. The van der Waals surface area contributed by atoms with Crippen molar-refractivity contribution in [2.24, 2.45) is 0 Å². The number of benzene rings is 2. The molecule has 0 radical (unpaired) electrons. The molecule has 43 heavy (non-hydrogen) atoms. The second-order valence-corrected chi connectivity index (χ2v) is 10.8. The molecular formula is C35H48O8. The van der Waals surface area contributed by atoms with Crippen molar-refractivity contribution in [2.45, 2.75) is 96.8 Å². The van der Waals surface area contributed by atoms with Gasteiger partial charge in [0.05, 0.1) is 33.8 Å². The van der Waals surface area contributed by atoms with Gasteiger partial charge in [0.2, 0.25) is 5.75 Å². The monoisotopic (exact) mass is 596 g/mol. The van der Waals surface area contributed by atoms with E-state index in [0.29, 0.717) is 45.9 Å². The lowest BCUT2D eigenvalue weighted by molar-refractivity contribution is -0.134. The highest BCUT2D eigenvalue weighted by molar-refractivity contribution is 6.01. The van der Waals surface area contributed by atoms with Crippen LogP contribution < -0.4 is 29.3 Å². The van der Waals surface area contributed by atoms with E-state index in [9.17, 15) is 9.59 Å². The number of fused-ring (bicyclic) bond motifs is 1. The molecule has 0 amide bonds. The smallest absolute Gasteiger partial charge is 0.336 e. The van der Waals surface area contributed by atoms with Crippen LogP contribution in [0.2, 0.25) is 0 Å². The molecule has 0 atom stereocenters. The highest BCUT2D eigenvalue weighted by Gasteiger charge is 2.22. The van der Waals surface area contributed by atoms with Gasteiger partial charge in [0, 0.05) is 24.1 Å². The molecule has 236 valence electrons. The summed E-state index contributed by atoms with van der Waals surface area (Å²) in [6.45, 7) is 2.25. The molecule has 0 fully saturated rings. The first-order valence-electron chi connectivity index (χ1n) is 15.6. The minimum atomic E-state index is -0.548. The van der Waals surface area contributed by atoms with Gasteiger partial charge in [-0.3, -0.25) is 4.79 Å². The number of ether oxygens (including phenoxy) is 5. The quantitative estimate of drug-likeness (QED) is 0.0552. The van der Waals surface area contributed by atoms with Gasteiger partial charge in [-0.25, -0.2) is 4.79 Å². The van der Waals surface area contributed by atoms with Gasteiger partial charge < -0.3 is 28.1 Å². The van der Waals surface area contributed by atoms with Crippen molar-refractivity contribution in [3.63, 3.8) is 0 Å². The molecule has 0 N–H and O–H groups in total. The molecule has 0 aliphatic heterocycles. The van der Waals surface area contributed by atoms with Crippen LogP contribution in [-0.4, -0.2) is 34.4 Å². The van der Waals surface area contributed by atoms with Gasteiger partial charge in [-0.15, -0.1) is 0 Å². The van der Waals surface area contributed by atoms with Crippen LogP contribution in [0.15, 0.2) is 39.5 Å². The highest BCUT2D eigenvalue weighted by atomic mass is 16.6. The standard InChI is InChI=1S/C35H48O8/c1-6-7-8-9-10-11-12-13-14-15-16-17-18-19-31(36)42-28-22-25(20-21-27(28)38-2)26-23-32(37)43-29-24-30(39-3)34(40-4)35(41-5)33(26)29/h20-24H,6-19H2,1-5H3. The number of carbonyl (C=O) groups excluding carboxylic acids is 1. The SMILES string of the molecule is CCCCCCCCCCCCCCCC(=O)Oc1cc(-c2cc(=O)oc3cc(OC)c(OC)c(OC)c23)ccc1OC. The first-order valence-corrected chi connectivity index (χ1v) is 15.6. The van der Waals surface area contributed by atoms with E-state index in [4.69, 9.17) is 28.1 Å². The average Bonchev–Trinajstić information content (AvgIpc) is 3.01. The number of hydrogen-bond donors (Lipinski definition) is 0. The Balaban J connectivity index is 1.61. The zero-order valence-corrected chi connectivity index (χ0v) is 26.6. The number of methoxy groups -OCH3 is 4. The van der Waals surface area contributed by atoms with Crippen LogP contribution in [0.3, 0.4) is 0 Å². The van der Waals surface area contributed by atoms with E-state index in [-0.39, 0.29) is 17.3 Å². The Kier molecular flexibility index (Phi) is 14.2. The summed E-state index contributed by atoms with van der Waals surface area (Å²) < 4.78 is 33.3. The predicted molar refractivity (Wildman–Crippen MR) is 170 cm³/mol. The number of hydrogen-bond acceptors (Lipinski definition) is 8. The zero-order chi connectivity index (χ0) is 31.0. The lowest BCUT2D eigenvalue weighted by Crippen LogP contribution is -2.08. The second kappa shape index (κ2) is 18.1. The van der Waals surface area contributed by atoms with Crippen molar-refractivity contribution in [3.05, 3.63) is 40.8 Å². The topological polar surface area (TPSA) is 93.4 Å². The van der Waals surface area contributed by atoms with E-state index in [0.717, 1.165) is 19.3 Å². The summed E-state index contributed by atoms with van der Waals surface area (Å²) in [6.07, 6.45) is 16.5. The molecule has 3 aromatic rings. The van der Waals surface area contributed by atoms with Crippen molar-refractivity contribution >= 4 is 16.9 Å². The first-order chi connectivity index (χ1) is 21.0. The number of carbonyl (C=O) groups is 1. The number of esters is 1. The normalized spacial score (nSPS) is 11.0. The van der Waals surface area contributed by atoms with Crippen LogP contribution in [0.4, 0.5) is 0 Å². The Bertz CT molecular complexity index is 1360. The van der Waals surface area contributed by atoms with Gasteiger partial charge in [0.1, 0.15) is 5.58 Å². The number of rotatable bonds is 20. The summed E-state index contributed by atoms with van der Waals surface area (Å²) in [5, 5.41) is 0.522. The van der Waals surface area contributed by atoms with Crippen LogP contribution in [0.25, 0.3) is 22.1 Å². The molecule has 0 aliphatic rings. The Morgan fingerprint density at radius 3 is 1.79 bits per heavy atom. The van der Waals surface area contributed by atoms with Crippen LogP contribution in [0.5, 0.6) is 28.7 Å². The van der Waals surface area contributed by atoms with Crippen LogP contribution in [0, 0.1) is 0 Å². The molecule has 8 heteroatoms. The van der Waals surface area contributed by atoms with Crippen molar-refractivity contribution in [1.29, 1.82) is 0 Å². The van der Waals surface area contributed by atoms with E-state index in [1.54, 1.807) is 24.3 Å². The Hall–Kier alpha value is -3.68. The van der Waals surface area contributed by atoms with Crippen molar-refractivity contribution < 1.29 is 32.9 Å². The van der Waals surface area contributed by atoms with Gasteiger partial charge >= 0.3 is 11.6 Å². The van der Waals surface area contributed by atoms with Crippen LogP contribution in [0.1, 0.15) is 96.8 Å². The summed E-state index contributed by atoms with van der Waals surface area (Å²) in [7, 11) is 6.02. The fraction of sp³-hybridized carbons (Fsp3) is 0.543. The Labute approximate surface area is 255 Å². The van der Waals surface area contributed by atoms with Crippen molar-refractivity contribution in [1.82, 2.24) is 0 Å². The van der Waals surface area contributed by atoms with E-state index < -0.39 is 5.63 Å². The van der Waals surface area contributed by atoms with Crippen LogP contribution >= 0.6 is 0 Å². The molecule has 0 saturated carbocycles. The third kappa shape index (κ3) is 9.66.